The fourth-order valence-electron chi connectivity index (χ4n) is 3.07. The van der Waals surface area contributed by atoms with Gasteiger partial charge in [-0.05, 0) is 36.4 Å². The van der Waals surface area contributed by atoms with Crippen LogP contribution in [0.3, 0.4) is 0 Å². The summed E-state index contributed by atoms with van der Waals surface area (Å²) in [6, 6.07) is 30.1. The van der Waals surface area contributed by atoms with Crippen LogP contribution in [-0.4, -0.2) is 20.2 Å². The standard InChI is InChI=1S/C20H20O2PS.ClH/c1-24(21,22)17-23(18-11-5-2-6-12-18,19-13-7-3-8-14-19)20-15-9-4-10-16-20;/h2-16H,17H2,1H3;1H/q+1;/p-1. The third-order valence-electron chi connectivity index (χ3n) is 4.02. The first-order valence-electron chi connectivity index (χ1n) is 7.75. The smallest absolute Gasteiger partial charge is 0.182 e. The highest BCUT2D eigenvalue weighted by Crippen LogP contribution is 2.56. The minimum Gasteiger partial charge on any atom is -1.00 e. The minimum absolute atomic E-state index is 0. The highest BCUT2D eigenvalue weighted by Gasteiger charge is 2.48. The zero-order chi connectivity index (χ0) is 17.0. The van der Waals surface area contributed by atoms with Crippen LogP contribution in [0.5, 0.6) is 0 Å². The Morgan fingerprint density at radius 1 is 0.640 bits per heavy atom. The van der Waals surface area contributed by atoms with E-state index in [-0.39, 0.29) is 17.9 Å². The lowest BCUT2D eigenvalue weighted by Crippen LogP contribution is -3.00. The van der Waals surface area contributed by atoms with Crippen molar-refractivity contribution in [1.29, 1.82) is 0 Å². The molecule has 0 saturated heterocycles. The Bertz CT molecular complexity index is 802. The van der Waals surface area contributed by atoms with E-state index in [4.69, 9.17) is 0 Å². The highest BCUT2D eigenvalue weighted by atomic mass is 35.5. The molecule has 0 aliphatic heterocycles. The molecule has 0 fully saturated rings. The number of rotatable bonds is 5. The summed E-state index contributed by atoms with van der Waals surface area (Å²) in [7, 11) is -5.44. The van der Waals surface area contributed by atoms with Gasteiger partial charge in [0.25, 0.3) is 0 Å². The first-order chi connectivity index (χ1) is 11.5. The zero-order valence-electron chi connectivity index (χ0n) is 13.9. The SMILES string of the molecule is CS(=O)(=O)C[P+](c1ccccc1)(c1ccccc1)c1ccccc1.[Cl-]. The van der Waals surface area contributed by atoms with Gasteiger partial charge in [-0.3, -0.25) is 0 Å². The first kappa shape index (κ1) is 19.7. The van der Waals surface area contributed by atoms with Crippen LogP contribution < -0.4 is 28.3 Å². The fourth-order valence-corrected chi connectivity index (χ4v) is 10.6. The molecule has 0 amide bonds. The number of benzene rings is 3. The Kier molecular flexibility index (Phi) is 6.40. The molecule has 130 valence electrons. The Hall–Kier alpha value is -1.67. The first-order valence-corrected chi connectivity index (χ1v) is 11.8. The molecule has 0 heterocycles. The minimum atomic E-state index is -3.18. The molecule has 0 spiro atoms. The second-order valence-corrected chi connectivity index (χ2v) is 11.9. The molecule has 3 rings (SSSR count). The van der Waals surface area contributed by atoms with E-state index >= 15 is 0 Å². The Balaban J connectivity index is 0.00000225. The van der Waals surface area contributed by atoms with E-state index in [0.29, 0.717) is 0 Å². The summed E-state index contributed by atoms with van der Waals surface area (Å²) in [6.45, 7) is 0. The normalized spacial score (nSPS) is 11.6. The number of halogens is 1. The van der Waals surface area contributed by atoms with Crippen molar-refractivity contribution >= 4 is 33.0 Å². The van der Waals surface area contributed by atoms with Crippen molar-refractivity contribution in [3.05, 3.63) is 91.0 Å². The summed E-state index contributed by atoms with van der Waals surface area (Å²) in [5.74, 6) is 0. The van der Waals surface area contributed by atoms with Crippen LogP contribution in [-0.2, 0) is 9.84 Å². The molecule has 25 heavy (non-hydrogen) atoms. The lowest BCUT2D eigenvalue weighted by atomic mass is 10.4. The molecule has 3 aromatic rings. The van der Waals surface area contributed by atoms with Crippen LogP contribution in [0.15, 0.2) is 91.0 Å². The largest absolute Gasteiger partial charge is 1.00 e. The lowest BCUT2D eigenvalue weighted by molar-refractivity contribution is -0.00000724. The summed E-state index contributed by atoms with van der Waals surface area (Å²) in [6.07, 6.45) is 1.33. The van der Waals surface area contributed by atoms with Crippen LogP contribution >= 0.6 is 7.26 Å². The molecule has 0 aromatic heterocycles. The summed E-state index contributed by atoms with van der Waals surface area (Å²) in [5.41, 5.74) is 0.137. The predicted octanol–water partition coefficient (Wildman–Crippen LogP) is -0.0134. The van der Waals surface area contributed by atoms with Gasteiger partial charge in [-0.1, -0.05) is 54.6 Å². The van der Waals surface area contributed by atoms with Crippen LogP contribution in [0.4, 0.5) is 0 Å². The van der Waals surface area contributed by atoms with Crippen molar-refractivity contribution in [3.63, 3.8) is 0 Å². The van der Waals surface area contributed by atoms with Gasteiger partial charge >= 0.3 is 0 Å². The summed E-state index contributed by atoms with van der Waals surface area (Å²) in [4.78, 5) is 0. The third-order valence-corrected chi connectivity index (χ3v) is 11.0. The van der Waals surface area contributed by atoms with Crippen molar-refractivity contribution in [2.75, 3.05) is 11.7 Å². The average molecular weight is 391 g/mol. The van der Waals surface area contributed by atoms with Gasteiger partial charge in [0.05, 0.1) is 0 Å². The van der Waals surface area contributed by atoms with Gasteiger partial charge in [-0.15, -0.1) is 0 Å². The Morgan fingerprint density at radius 3 is 1.16 bits per heavy atom. The molecule has 0 N–H and O–H groups in total. The maximum Gasteiger partial charge on any atom is 0.182 e. The van der Waals surface area contributed by atoms with E-state index in [2.05, 4.69) is 36.4 Å². The molecule has 0 radical (unpaired) electrons. The van der Waals surface area contributed by atoms with E-state index < -0.39 is 17.1 Å². The van der Waals surface area contributed by atoms with Gasteiger partial charge < -0.3 is 12.4 Å². The van der Waals surface area contributed by atoms with E-state index in [1.165, 1.54) is 6.26 Å². The maximum atomic E-state index is 12.4. The second kappa shape index (κ2) is 8.14. The number of hydrogen-bond donors (Lipinski definition) is 0. The zero-order valence-corrected chi connectivity index (χ0v) is 16.4. The van der Waals surface area contributed by atoms with E-state index in [0.717, 1.165) is 15.9 Å². The molecular formula is C20H20ClO2PS. The fraction of sp³-hybridized carbons (Fsp3) is 0.100. The molecular weight excluding hydrogens is 371 g/mol. The molecule has 0 unspecified atom stereocenters. The van der Waals surface area contributed by atoms with Crippen molar-refractivity contribution < 1.29 is 20.8 Å². The van der Waals surface area contributed by atoms with Crippen molar-refractivity contribution in [3.8, 4) is 0 Å². The van der Waals surface area contributed by atoms with Gasteiger partial charge in [0.15, 0.2) is 15.3 Å². The molecule has 0 saturated carbocycles. The topological polar surface area (TPSA) is 34.1 Å². The lowest BCUT2D eigenvalue weighted by Gasteiger charge is -2.26. The molecule has 2 nitrogen and oxygen atoms in total. The number of sulfone groups is 1. The van der Waals surface area contributed by atoms with Crippen molar-refractivity contribution in [1.82, 2.24) is 0 Å². The van der Waals surface area contributed by atoms with E-state index in [1.54, 1.807) is 0 Å². The van der Waals surface area contributed by atoms with E-state index in [9.17, 15) is 8.42 Å². The Labute approximate surface area is 156 Å². The predicted molar refractivity (Wildman–Crippen MR) is 105 cm³/mol. The molecule has 0 atom stereocenters. The van der Waals surface area contributed by atoms with Crippen LogP contribution in [0.25, 0.3) is 0 Å². The quantitative estimate of drug-likeness (QED) is 0.574. The average Bonchev–Trinajstić information content (AvgIpc) is 2.61. The van der Waals surface area contributed by atoms with Gasteiger partial charge in [0.1, 0.15) is 23.2 Å². The second-order valence-electron chi connectivity index (χ2n) is 5.87. The summed E-state index contributed by atoms with van der Waals surface area (Å²) >= 11 is 0. The van der Waals surface area contributed by atoms with Crippen LogP contribution in [0, 0.1) is 0 Å². The molecule has 0 aliphatic carbocycles. The maximum absolute atomic E-state index is 12.4. The van der Waals surface area contributed by atoms with Gasteiger partial charge in [-0.2, -0.15) is 0 Å². The van der Waals surface area contributed by atoms with Gasteiger partial charge in [0, 0.05) is 6.26 Å². The van der Waals surface area contributed by atoms with Gasteiger partial charge in [-0.25, -0.2) is 8.42 Å². The van der Waals surface area contributed by atoms with Crippen LogP contribution in [0.1, 0.15) is 0 Å². The summed E-state index contributed by atoms with van der Waals surface area (Å²) in [5, 5.41) is 3.27. The molecule has 0 bridgehead atoms. The molecule has 3 aromatic carbocycles. The highest BCUT2D eigenvalue weighted by molar-refractivity contribution is 8.08. The Morgan fingerprint density at radius 2 is 0.920 bits per heavy atom. The van der Waals surface area contributed by atoms with Gasteiger partial charge in [0.2, 0.25) is 0 Å². The van der Waals surface area contributed by atoms with Crippen molar-refractivity contribution in [2.24, 2.45) is 0 Å². The van der Waals surface area contributed by atoms with Crippen molar-refractivity contribution in [2.45, 2.75) is 0 Å². The molecule has 0 aliphatic rings. The number of hydrogen-bond acceptors (Lipinski definition) is 2. The third kappa shape index (κ3) is 4.30. The summed E-state index contributed by atoms with van der Waals surface area (Å²) < 4.78 is 24.8. The monoisotopic (exact) mass is 390 g/mol. The van der Waals surface area contributed by atoms with Crippen LogP contribution in [0.2, 0.25) is 0 Å². The van der Waals surface area contributed by atoms with E-state index in [1.807, 2.05) is 54.6 Å². The molecule has 5 heteroatoms.